The van der Waals surface area contributed by atoms with E-state index in [-0.39, 0.29) is 6.42 Å². The molecule has 0 aliphatic carbocycles. The normalized spacial score (nSPS) is 17.5. The Bertz CT molecular complexity index is 451. The van der Waals surface area contributed by atoms with Crippen LogP contribution in [-0.2, 0) is 24.1 Å². The van der Waals surface area contributed by atoms with Gasteiger partial charge in [-0.3, -0.25) is 4.79 Å². The minimum atomic E-state index is -0.764. The molecule has 0 atom stereocenters. The number of carboxylic acid groups (broad SMARTS) is 1. The summed E-state index contributed by atoms with van der Waals surface area (Å²) >= 11 is 1.58. The Labute approximate surface area is 124 Å². The van der Waals surface area contributed by atoms with Crippen molar-refractivity contribution in [2.75, 3.05) is 19.6 Å². The van der Waals surface area contributed by atoms with E-state index in [1.807, 2.05) is 6.92 Å². The molecule has 1 N–H and O–H groups in total. The van der Waals surface area contributed by atoms with E-state index in [4.69, 9.17) is 5.11 Å². The topological polar surface area (TPSA) is 53.4 Å². The minimum Gasteiger partial charge on any atom is -0.481 e. The van der Waals surface area contributed by atoms with Gasteiger partial charge in [-0.1, -0.05) is 13.8 Å². The number of hydrogen-bond acceptors (Lipinski definition) is 4. The Morgan fingerprint density at radius 1 is 1.45 bits per heavy atom. The molecule has 1 fully saturated rings. The highest BCUT2D eigenvalue weighted by atomic mass is 32.1. The first-order valence-corrected chi connectivity index (χ1v) is 8.31. The molecule has 1 aromatic heterocycles. The van der Waals surface area contributed by atoms with Gasteiger partial charge in [0, 0.05) is 17.8 Å². The third-order valence-electron chi connectivity index (χ3n) is 3.99. The van der Waals surface area contributed by atoms with Crippen LogP contribution in [0.25, 0.3) is 0 Å². The van der Waals surface area contributed by atoms with Gasteiger partial charge in [0.05, 0.1) is 17.1 Å². The molecule has 1 aliphatic heterocycles. The number of aromatic nitrogens is 1. The number of carboxylic acids is 1. The summed E-state index contributed by atoms with van der Waals surface area (Å²) in [5, 5.41) is 10.0. The molecule has 112 valence electrons. The lowest BCUT2D eigenvalue weighted by Crippen LogP contribution is -2.34. The molecule has 1 aliphatic rings. The fourth-order valence-corrected chi connectivity index (χ4v) is 3.77. The second-order valence-electron chi connectivity index (χ2n) is 5.68. The van der Waals surface area contributed by atoms with Crippen LogP contribution in [0.2, 0.25) is 0 Å². The largest absolute Gasteiger partial charge is 0.481 e. The SMILES string of the molecule is CCc1nc(CCN2CCC(C)CC2)sc1CC(=O)O. The van der Waals surface area contributed by atoms with Crippen LogP contribution < -0.4 is 0 Å². The highest BCUT2D eigenvalue weighted by molar-refractivity contribution is 7.11. The zero-order chi connectivity index (χ0) is 14.5. The summed E-state index contributed by atoms with van der Waals surface area (Å²) < 4.78 is 0. The van der Waals surface area contributed by atoms with E-state index in [2.05, 4.69) is 16.8 Å². The molecule has 0 bridgehead atoms. The van der Waals surface area contributed by atoms with Crippen molar-refractivity contribution in [1.29, 1.82) is 0 Å². The molecule has 5 heteroatoms. The Morgan fingerprint density at radius 2 is 2.15 bits per heavy atom. The maximum Gasteiger partial charge on any atom is 0.308 e. The van der Waals surface area contributed by atoms with Gasteiger partial charge in [0.15, 0.2) is 0 Å². The zero-order valence-corrected chi connectivity index (χ0v) is 13.2. The summed E-state index contributed by atoms with van der Waals surface area (Å²) in [7, 11) is 0. The molecular weight excluding hydrogens is 272 g/mol. The van der Waals surface area contributed by atoms with Crippen LogP contribution in [0.3, 0.4) is 0 Å². The summed E-state index contributed by atoms with van der Waals surface area (Å²) in [5.41, 5.74) is 0.972. The number of rotatable bonds is 6. The van der Waals surface area contributed by atoms with Gasteiger partial charge in [0.1, 0.15) is 0 Å². The third kappa shape index (κ3) is 4.28. The smallest absolute Gasteiger partial charge is 0.308 e. The zero-order valence-electron chi connectivity index (χ0n) is 12.4. The number of likely N-dealkylation sites (tertiary alicyclic amines) is 1. The number of thiazole rings is 1. The molecule has 0 aromatic carbocycles. The van der Waals surface area contributed by atoms with E-state index < -0.39 is 5.97 Å². The first kappa shape index (κ1) is 15.4. The molecule has 0 saturated carbocycles. The van der Waals surface area contributed by atoms with E-state index >= 15 is 0 Å². The quantitative estimate of drug-likeness (QED) is 0.876. The van der Waals surface area contributed by atoms with Gasteiger partial charge in [-0.25, -0.2) is 4.98 Å². The number of aliphatic carboxylic acids is 1. The molecular formula is C15H24N2O2S. The fourth-order valence-electron chi connectivity index (χ4n) is 2.63. The van der Waals surface area contributed by atoms with Crippen LogP contribution in [0.4, 0.5) is 0 Å². The van der Waals surface area contributed by atoms with Crippen LogP contribution in [-0.4, -0.2) is 40.6 Å². The Hall–Kier alpha value is -0.940. The number of piperidine rings is 1. The second-order valence-corrected chi connectivity index (χ2v) is 6.84. The number of carbonyl (C=O) groups is 1. The van der Waals surface area contributed by atoms with Gasteiger partial charge in [-0.15, -0.1) is 11.3 Å². The van der Waals surface area contributed by atoms with Crippen molar-refractivity contribution in [1.82, 2.24) is 9.88 Å². The predicted molar refractivity (Wildman–Crippen MR) is 81.4 cm³/mol. The summed E-state index contributed by atoms with van der Waals surface area (Å²) in [6, 6.07) is 0. The van der Waals surface area contributed by atoms with Crippen molar-refractivity contribution in [2.45, 2.75) is 46.0 Å². The van der Waals surface area contributed by atoms with E-state index in [0.717, 1.165) is 40.9 Å². The van der Waals surface area contributed by atoms with Crippen molar-refractivity contribution >= 4 is 17.3 Å². The van der Waals surface area contributed by atoms with Gasteiger partial charge in [0.2, 0.25) is 0 Å². The van der Waals surface area contributed by atoms with Crippen molar-refractivity contribution in [3.05, 3.63) is 15.6 Å². The molecule has 4 nitrogen and oxygen atoms in total. The van der Waals surface area contributed by atoms with Crippen molar-refractivity contribution in [3.63, 3.8) is 0 Å². The molecule has 2 rings (SSSR count). The first-order chi connectivity index (χ1) is 9.58. The predicted octanol–water partition coefficient (Wildman–Crippen LogP) is 2.61. The van der Waals surface area contributed by atoms with Crippen molar-refractivity contribution in [2.24, 2.45) is 5.92 Å². The van der Waals surface area contributed by atoms with Crippen LogP contribution >= 0.6 is 11.3 Å². The van der Waals surface area contributed by atoms with Crippen LogP contribution in [0.5, 0.6) is 0 Å². The molecule has 0 unspecified atom stereocenters. The molecule has 0 spiro atoms. The van der Waals surface area contributed by atoms with E-state index in [1.54, 1.807) is 11.3 Å². The maximum absolute atomic E-state index is 10.9. The van der Waals surface area contributed by atoms with Gasteiger partial charge in [-0.05, 0) is 38.3 Å². The highest BCUT2D eigenvalue weighted by Gasteiger charge is 2.17. The molecule has 0 amide bonds. The molecule has 1 aromatic rings. The minimum absolute atomic E-state index is 0.113. The van der Waals surface area contributed by atoms with Gasteiger partial charge < -0.3 is 10.0 Å². The molecule has 1 saturated heterocycles. The van der Waals surface area contributed by atoms with Gasteiger partial charge >= 0.3 is 5.97 Å². The van der Waals surface area contributed by atoms with E-state index in [0.29, 0.717) is 0 Å². The van der Waals surface area contributed by atoms with Gasteiger partial charge in [0.25, 0.3) is 0 Å². The lowest BCUT2D eigenvalue weighted by Gasteiger charge is -2.29. The maximum atomic E-state index is 10.9. The summed E-state index contributed by atoms with van der Waals surface area (Å²) in [4.78, 5) is 18.9. The monoisotopic (exact) mass is 296 g/mol. The summed E-state index contributed by atoms with van der Waals surface area (Å²) in [5.74, 6) is 0.0971. The Kier molecular flexibility index (Phi) is 5.54. The highest BCUT2D eigenvalue weighted by Crippen LogP contribution is 2.22. The molecule has 2 heterocycles. The lowest BCUT2D eigenvalue weighted by atomic mass is 9.99. The molecule has 20 heavy (non-hydrogen) atoms. The number of aryl methyl sites for hydroxylation is 1. The van der Waals surface area contributed by atoms with Crippen molar-refractivity contribution < 1.29 is 9.90 Å². The van der Waals surface area contributed by atoms with Crippen LogP contribution in [0.1, 0.15) is 42.3 Å². The standard InChI is InChI=1S/C15H24N2O2S/c1-3-12-13(10-15(18)19)20-14(16-12)6-9-17-7-4-11(2)5-8-17/h11H,3-10H2,1-2H3,(H,18,19). The molecule has 0 radical (unpaired) electrons. The van der Waals surface area contributed by atoms with Crippen LogP contribution in [0, 0.1) is 5.92 Å². The van der Waals surface area contributed by atoms with E-state index in [9.17, 15) is 4.79 Å². The Balaban J connectivity index is 1.89. The summed E-state index contributed by atoms with van der Waals surface area (Å²) in [6.07, 6.45) is 4.47. The van der Waals surface area contributed by atoms with Crippen LogP contribution in [0.15, 0.2) is 0 Å². The average molecular weight is 296 g/mol. The third-order valence-corrected chi connectivity index (χ3v) is 5.14. The fraction of sp³-hybridized carbons (Fsp3) is 0.733. The van der Waals surface area contributed by atoms with Gasteiger partial charge in [-0.2, -0.15) is 0 Å². The first-order valence-electron chi connectivity index (χ1n) is 7.50. The van der Waals surface area contributed by atoms with E-state index in [1.165, 1.54) is 25.9 Å². The number of hydrogen-bond donors (Lipinski definition) is 1. The number of nitrogens with zero attached hydrogens (tertiary/aromatic N) is 2. The lowest BCUT2D eigenvalue weighted by molar-refractivity contribution is -0.136. The average Bonchev–Trinajstić information content (AvgIpc) is 2.79. The van der Waals surface area contributed by atoms with Crippen molar-refractivity contribution in [3.8, 4) is 0 Å². The Morgan fingerprint density at radius 3 is 2.75 bits per heavy atom. The summed E-state index contributed by atoms with van der Waals surface area (Å²) in [6.45, 7) is 7.79. The second kappa shape index (κ2) is 7.18.